The van der Waals surface area contributed by atoms with Gasteiger partial charge in [0.15, 0.2) is 9.84 Å². The lowest BCUT2D eigenvalue weighted by Gasteiger charge is -2.31. The molecule has 3 aromatic rings. The first-order valence-corrected chi connectivity index (χ1v) is 11.5. The molecule has 1 aromatic carbocycles. The minimum absolute atomic E-state index is 0.0316. The van der Waals surface area contributed by atoms with Gasteiger partial charge in [0.25, 0.3) is 5.89 Å². The fourth-order valence-electron chi connectivity index (χ4n) is 3.10. The van der Waals surface area contributed by atoms with Gasteiger partial charge in [-0.25, -0.2) is 12.8 Å². The van der Waals surface area contributed by atoms with Gasteiger partial charge in [0.2, 0.25) is 5.89 Å². The largest absolute Gasteiger partial charge is 0.415 e. The molecule has 0 saturated carbocycles. The molecule has 0 bridgehead atoms. The number of benzene rings is 1. The van der Waals surface area contributed by atoms with Crippen LogP contribution in [-0.4, -0.2) is 35.5 Å². The summed E-state index contributed by atoms with van der Waals surface area (Å²) in [6.07, 6.45) is 0. The maximum atomic E-state index is 14.8. The van der Waals surface area contributed by atoms with Crippen molar-refractivity contribution in [1.82, 2.24) is 10.2 Å². The lowest BCUT2D eigenvalue weighted by Crippen LogP contribution is -2.47. The molecular formula is C18H16ClFN4O3S2. The minimum atomic E-state index is -3.55. The van der Waals surface area contributed by atoms with E-state index in [9.17, 15) is 12.8 Å². The second-order valence-corrected chi connectivity index (χ2v) is 10.8. The lowest BCUT2D eigenvalue weighted by molar-refractivity contribution is 0.497. The number of halogens is 2. The highest BCUT2D eigenvalue weighted by Crippen LogP contribution is 2.41. The number of nitrogens with zero attached hydrogens (tertiary/aromatic N) is 3. The summed E-state index contributed by atoms with van der Waals surface area (Å²) in [5.74, 6) is -0.582. The summed E-state index contributed by atoms with van der Waals surface area (Å²) in [6, 6.07) is 8.08. The average molecular weight is 455 g/mol. The summed E-state index contributed by atoms with van der Waals surface area (Å²) in [5.41, 5.74) is 5.17. The third-order valence-corrected chi connectivity index (χ3v) is 8.60. The van der Waals surface area contributed by atoms with Gasteiger partial charge >= 0.3 is 0 Å². The van der Waals surface area contributed by atoms with Crippen LogP contribution in [0, 0.1) is 5.82 Å². The molecule has 2 aromatic heterocycles. The molecule has 11 heteroatoms. The molecule has 0 radical (unpaired) electrons. The van der Waals surface area contributed by atoms with Crippen LogP contribution in [0.15, 0.2) is 39.7 Å². The van der Waals surface area contributed by atoms with Crippen molar-refractivity contribution in [2.45, 2.75) is 24.6 Å². The number of aromatic nitrogens is 2. The molecule has 29 heavy (non-hydrogen) atoms. The fraction of sp³-hybridized carbons (Fsp3) is 0.278. The molecule has 1 aliphatic heterocycles. The Hall–Kier alpha value is -2.30. The van der Waals surface area contributed by atoms with Gasteiger partial charge in [0.05, 0.1) is 15.5 Å². The van der Waals surface area contributed by atoms with Crippen LogP contribution in [0.3, 0.4) is 0 Å². The van der Waals surface area contributed by atoms with E-state index in [2.05, 4.69) is 15.2 Å². The van der Waals surface area contributed by atoms with Crippen LogP contribution in [0.25, 0.3) is 22.2 Å². The number of aliphatic imine (C=N–C) groups is 1. The van der Waals surface area contributed by atoms with E-state index in [1.807, 2.05) is 0 Å². The van der Waals surface area contributed by atoms with E-state index in [1.54, 1.807) is 31.2 Å². The number of sulfone groups is 1. The Morgan fingerprint density at radius 3 is 2.59 bits per heavy atom. The van der Waals surface area contributed by atoms with Crippen LogP contribution in [-0.2, 0) is 15.4 Å². The smallest absolute Gasteiger partial charge is 0.258 e. The Labute approximate surface area is 175 Å². The monoisotopic (exact) mass is 454 g/mol. The molecule has 0 saturated heterocycles. The van der Waals surface area contributed by atoms with Crippen molar-refractivity contribution in [2.75, 3.05) is 5.75 Å². The zero-order valence-corrected chi connectivity index (χ0v) is 17.8. The van der Waals surface area contributed by atoms with Crippen molar-refractivity contribution in [3.63, 3.8) is 0 Å². The average Bonchev–Trinajstić information content (AvgIpc) is 3.27. The van der Waals surface area contributed by atoms with Crippen molar-refractivity contribution in [3.8, 4) is 22.2 Å². The van der Waals surface area contributed by atoms with Gasteiger partial charge in [-0.05, 0) is 44.2 Å². The highest BCUT2D eigenvalue weighted by molar-refractivity contribution is 7.92. The number of hydrogen-bond donors (Lipinski definition) is 1. The van der Waals surface area contributed by atoms with Crippen LogP contribution in [0.2, 0.25) is 5.02 Å². The molecule has 4 rings (SSSR count). The maximum Gasteiger partial charge on any atom is 0.258 e. The number of hydrogen-bond acceptors (Lipinski definition) is 8. The summed E-state index contributed by atoms with van der Waals surface area (Å²) < 4.78 is 45.3. The Kier molecular flexibility index (Phi) is 4.75. The fourth-order valence-corrected chi connectivity index (χ4v) is 6.03. The van der Waals surface area contributed by atoms with Crippen LogP contribution < -0.4 is 5.73 Å². The number of rotatable bonds is 3. The summed E-state index contributed by atoms with van der Waals surface area (Å²) >= 11 is 6.89. The van der Waals surface area contributed by atoms with Crippen LogP contribution in [0.4, 0.5) is 4.39 Å². The number of amidine groups is 1. The van der Waals surface area contributed by atoms with Gasteiger partial charge in [0.1, 0.15) is 22.4 Å². The first kappa shape index (κ1) is 20.0. The van der Waals surface area contributed by atoms with Crippen molar-refractivity contribution in [2.24, 2.45) is 10.7 Å². The Morgan fingerprint density at radius 2 is 1.93 bits per heavy atom. The van der Waals surface area contributed by atoms with E-state index in [4.69, 9.17) is 21.8 Å². The summed E-state index contributed by atoms with van der Waals surface area (Å²) in [5, 5.41) is 7.65. The molecule has 0 fully saturated rings. The molecule has 0 aliphatic carbocycles. The SMILES string of the molecule is CC1C(N)=NC(C)(c2sc(-c3nnc(-c4ccc(Cl)cc4)o3)cc2F)CS1(=O)=O. The molecule has 152 valence electrons. The van der Waals surface area contributed by atoms with Crippen molar-refractivity contribution < 1.29 is 17.2 Å². The second kappa shape index (κ2) is 6.89. The molecule has 1 aliphatic rings. The molecule has 3 heterocycles. The van der Waals surface area contributed by atoms with Gasteiger partial charge in [-0.2, -0.15) is 0 Å². The summed E-state index contributed by atoms with van der Waals surface area (Å²) in [4.78, 5) is 4.82. The number of nitrogens with two attached hydrogens (primary N) is 1. The standard InChI is InChI=1S/C18H16ClFN4O3S2/c1-9-15(21)22-18(2,8-29(9,25)26)14-12(20)7-13(28-14)17-24-23-16(27-17)10-3-5-11(19)6-4-10/h3-7,9H,8H2,1-2H3,(H2,21,22). The molecular weight excluding hydrogens is 439 g/mol. The minimum Gasteiger partial charge on any atom is -0.415 e. The van der Waals surface area contributed by atoms with Crippen LogP contribution in [0.1, 0.15) is 18.7 Å². The van der Waals surface area contributed by atoms with E-state index in [1.165, 1.54) is 13.0 Å². The first-order chi connectivity index (χ1) is 13.6. The zero-order valence-electron chi connectivity index (χ0n) is 15.4. The van der Waals surface area contributed by atoms with Gasteiger partial charge < -0.3 is 10.2 Å². The maximum absolute atomic E-state index is 14.8. The Bertz CT molecular complexity index is 1220. The Balaban J connectivity index is 1.72. The van der Waals surface area contributed by atoms with Crippen LogP contribution >= 0.6 is 22.9 Å². The van der Waals surface area contributed by atoms with E-state index < -0.39 is 26.4 Å². The van der Waals surface area contributed by atoms with Crippen molar-refractivity contribution in [1.29, 1.82) is 0 Å². The zero-order chi connectivity index (χ0) is 21.0. The normalized spacial score (nSPS) is 23.7. The van der Waals surface area contributed by atoms with E-state index in [0.717, 1.165) is 11.3 Å². The van der Waals surface area contributed by atoms with E-state index in [0.29, 0.717) is 15.5 Å². The number of thiophene rings is 1. The van der Waals surface area contributed by atoms with Gasteiger partial charge in [0, 0.05) is 10.6 Å². The molecule has 7 nitrogen and oxygen atoms in total. The third kappa shape index (κ3) is 3.56. The van der Waals surface area contributed by atoms with Crippen molar-refractivity contribution >= 4 is 38.6 Å². The Morgan fingerprint density at radius 1 is 1.28 bits per heavy atom. The van der Waals surface area contributed by atoms with Gasteiger partial charge in [-0.3, -0.25) is 4.99 Å². The van der Waals surface area contributed by atoms with Crippen molar-refractivity contribution in [3.05, 3.63) is 46.0 Å². The molecule has 2 atom stereocenters. The lowest BCUT2D eigenvalue weighted by atomic mass is 10.0. The first-order valence-electron chi connectivity index (χ1n) is 8.55. The molecule has 0 amide bonds. The van der Waals surface area contributed by atoms with Crippen LogP contribution in [0.5, 0.6) is 0 Å². The summed E-state index contributed by atoms with van der Waals surface area (Å²) in [7, 11) is -3.55. The highest BCUT2D eigenvalue weighted by atomic mass is 35.5. The second-order valence-electron chi connectivity index (χ2n) is 6.97. The molecule has 0 spiro atoms. The topological polar surface area (TPSA) is 111 Å². The van der Waals surface area contributed by atoms with E-state index in [-0.39, 0.29) is 28.2 Å². The third-order valence-electron chi connectivity index (χ3n) is 4.72. The van der Waals surface area contributed by atoms with Gasteiger partial charge in [-0.15, -0.1) is 21.5 Å². The predicted molar refractivity (Wildman–Crippen MR) is 110 cm³/mol. The van der Waals surface area contributed by atoms with E-state index >= 15 is 0 Å². The molecule has 2 unspecified atom stereocenters. The van der Waals surface area contributed by atoms with Gasteiger partial charge in [-0.1, -0.05) is 11.6 Å². The quantitative estimate of drug-likeness (QED) is 0.646. The molecule has 2 N–H and O–H groups in total. The summed E-state index contributed by atoms with van der Waals surface area (Å²) in [6.45, 7) is 3.02. The predicted octanol–water partition coefficient (Wildman–Crippen LogP) is 3.65. The highest BCUT2D eigenvalue weighted by Gasteiger charge is 2.44.